The van der Waals surface area contributed by atoms with Crippen molar-refractivity contribution in [2.75, 3.05) is 17.7 Å². The van der Waals surface area contributed by atoms with Crippen LogP contribution in [0, 0.1) is 17.8 Å². The Morgan fingerprint density at radius 2 is 2.03 bits per heavy atom. The van der Waals surface area contributed by atoms with Gasteiger partial charge < -0.3 is 26.4 Å². The molecule has 0 spiro atoms. The monoisotopic (exact) mass is 457 g/mol. The number of aliphatic hydroxyl groups is 3. The van der Waals surface area contributed by atoms with E-state index in [4.69, 9.17) is 17.3 Å². The molecule has 4 unspecified atom stereocenters. The van der Waals surface area contributed by atoms with Gasteiger partial charge in [0.25, 0.3) is 0 Å². The molecule has 1 aliphatic rings. The summed E-state index contributed by atoms with van der Waals surface area (Å²) >= 11 is 7.79. The summed E-state index contributed by atoms with van der Waals surface area (Å²) in [6, 6.07) is 7.18. The Hall–Kier alpha value is -2.74. The lowest BCUT2D eigenvalue weighted by molar-refractivity contribution is 0.00445. The van der Waals surface area contributed by atoms with Crippen molar-refractivity contribution in [1.82, 2.24) is 15.0 Å². The Kier molecular flexibility index (Phi) is 6.36. The number of hydrogen-bond donors (Lipinski definition) is 5. The van der Waals surface area contributed by atoms with Gasteiger partial charge in [0.15, 0.2) is 5.15 Å². The zero-order valence-corrected chi connectivity index (χ0v) is 17.8. The van der Waals surface area contributed by atoms with Gasteiger partial charge >= 0.3 is 0 Å². The SMILES string of the molecule is Nc1nc(Cl)c(C#Cc2ccc(-c3cccnc3)s2)c(NC2CC(CO)C(O)C2O)n1. The number of halogens is 1. The number of nitrogens with two attached hydrogens (primary N) is 1. The topological polar surface area (TPSA) is 137 Å². The lowest BCUT2D eigenvalue weighted by atomic mass is 10.1. The molecule has 3 aromatic rings. The van der Waals surface area contributed by atoms with Crippen LogP contribution in [-0.2, 0) is 0 Å². The second-order valence-corrected chi connectivity index (χ2v) is 8.60. The number of nitrogen functional groups attached to an aromatic ring is 1. The number of pyridine rings is 1. The molecule has 0 aliphatic heterocycles. The largest absolute Gasteiger partial charge is 0.396 e. The standard InChI is InChI=1S/C21H20ClN5O3S/c22-19-14(5-3-13-4-6-16(31-13)11-2-1-7-24-9-11)20(27-21(23)26-19)25-15-8-12(10-28)17(29)18(15)30/h1-2,4,6-7,9,12,15,17-18,28-30H,8,10H2,(H3,23,25,26,27). The van der Waals surface area contributed by atoms with E-state index >= 15 is 0 Å². The van der Waals surface area contributed by atoms with E-state index in [2.05, 4.69) is 32.1 Å². The highest BCUT2D eigenvalue weighted by atomic mass is 35.5. The number of anilines is 2. The molecule has 1 fully saturated rings. The van der Waals surface area contributed by atoms with Crippen LogP contribution >= 0.6 is 22.9 Å². The maximum atomic E-state index is 10.3. The van der Waals surface area contributed by atoms with Crippen LogP contribution in [0.25, 0.3) is 10.4 Å². The third kappa shape index (κ3) is 4.63. The summed E-state index contributed by atoms with van der Waals surface area (Å²) in [4.78, 5) is 14.1. The molecule has 0 saturated heterocycles. The third-order valence-corrected chi connectivity index (χ3v) is 6.43. The molecule has 0 bridgehead atoms. The number of aliphatic hydroxyl groups excluding tert-OH is 3. The molecule has 160 valence electrons. The van der Waals surface area contributed by atoms with Crippen molar-refractivity contribution in [3.05, 3.63) is 52.3 Å². The van der Waals surface area contributed by atoms with Crippen LogP contribution in [0.5, 0.6) is 0 Å². The van der Waals surface area contributed by atoms with E-state index < -0.39 is 24.2 Å². The van der Waals surface area contributed by atoms with Gasteiger partial charge in [0, 0.05) is 35.4 Å². The molecular formula is C21H20ClN5O3S. The van der Waals surface area contributed by atoms with Crippen molar-refractivity contribution in [2.24, 2.45) is 5.92 Å². The summed E-state index contributed by atoms with van der Waals surface area (Å²) in [5, 5.41) is 32.9. The van der Waals surface area contributed by atoms with Crippen LogP contribution in [0.4, 0.5) is 11.8 Å². The number of hydrogen-bond acceptors (Lipinski definition) is 9. The minimum atomic E-state index is -1.08. The van der Waals surface area contributed by atoms with E-state index in [9.17, 15) is 15.3 Å². The first-order chi connectivity index (χ1) is 15.0. The van der Waals surface area contributed by atoms with Gasteiger partial charge in [-0.15, -0.1) is 11.3 Å². The fourth-order valence-corrected chi connectivity index (χ4v) is 4.56. The molecule has 6 N–H and O–H groups in total. The quantitative estimate of drug-likeness (QED) is 0.295. The second-order valence-electron chi connectivity index (χ2n) is 7.16. The average molecular weight is 458 g/mol. The Bertz CT molecular complexity index is 1130. The van der Waals surface area contributed by atoms with Crippen LogP contribution in [-0.4, -0.2) is 55.1 Å². The lowest BCUT2D eigenvalue weighted by Gasteiger charge is -2.19. The number of thiophene rings is 1. The van der Waals surface area contributed by atoms with Crippen molar-refractivity contribution in [1.29, 1.82) is 0 Å². The highest BCUT2D eigenvalue weighted by Gasteiger charge is 2.41. The Balaban J connectivity index is 1.61. The fourth-order valence-electron chi connectivity index (χ4n) is 3.48. The molecule has 0 aromatic carbocycles. The average Bonchev–Trinajstić information content (AvgIpc) is 3.34. The zero-order chi connectivity index (χ0) is 22.0. The van der Waals surface area contributed by atoms with Crippen molar-refractivity contribution < 1.29 is 15.3 Å². The summed E-state index contributed by atoms with van der Waals surface area (Å²) < 4.78 is 0. The van der Waals surface area contributed by atoms with Gasteiger partial charge in [-0.05, 0) is 24.6 Å². The zero-order valence-electron chi connectivity index (χ0n) is 16.2. The van der Waals surface area contributed by atoms with Crippen LogP contribution in [0.2, 0.25) is 5.15 Å². The van der Waals surface area contributed by atoms with Crippen LogP contribution in [0.15, 0.2) is 36.7 Å². The molecule has 4 rings (SSSR count). The summed E-state index contributed by atoms with van der Waals surface area (Å²) in [6.07, 6.45) is 1.75. The molecular weight excluding hydrogens is 438 g/mol. The minimum Gasteiger partial charge on any atom is -0.396 e. The Morgan fingerprint density at radius 1 is 1.19 bits per heavy atom. The van der Waals surface area contributed by atoms with Gasteiger partial charge in [-0.1, -0.05) is 29.5 Å². The first-order valence-corrected chi connectivity index (χ1v) is 10.7. The molecule has 3 heterocycles. The normalized spacial score (nSPS) is 22.7. The maximum absolute atomic E-state index is 10.3. The van der Waals surface area contributed by atoms with Crippen LogP contribution < -0.4 is 11.1 Å². The Morgan fingerprint density at radius 3 is 2.74 bits per heavy atom. The van der Waals surface area contributed by atoms with Crippen molar-refractivity contribution in [3.8, 4) is 22.3 Å². The van der Waals surface area contributed by atoms with E-state index in [0.717, 1.165) is 15.3 Å². The fraction of sp³-hybridized carbons (Fsp3) is 0.286. The van der Waals surface area contributed by atoms with Crippen molar-refractivity contribution in [3.63, 3.8) is 0 Å². The van der Waals surface area contributed by atoms with Gasteiger partial charge in [-0.2, -0.15) is 9.97 Å². The molecule has 4 atom stereocenters. The summed E-state index contributed by atoms with van der Waals surface area (Å²) in [6.45, 7) is -0.229. The number of aromatic nitrogens is 3. The highest BCUT2D eigenvalue weighted by molar-refractivity contribution is 7.16. The third-order valence-electron chi connectivity index (χ3n) is 5.10. The van der Waals surface area contributed by atoms with E-state index in [1.165, 1.54) is 11.3 Å². The predicted molar refractivity (Wildman–Crippen MR) is 120 cm³/mol. The highest BCUT2D eigenvalue weighted by Crippen LogP contribution is 2.31. The van der Waals surface area contributed by atoms with E-state index in [0.29, 0.717) is 12.0 Å². The molecule has 0 radical (unpaired) electrons. The molecule has 10 heteroatoms. The molecule has 0 amide bonds. The predicted octanol–water partition coefficient (Wildman–Crippen LogP) is 1.75. The molecule has 1 aliphatic carbocycles. The first-order valence-electron chi connectivity index (χ1n) is 9.55. The smallest absolute Gasteiger partial charge is 0.223 e. The molecule has 8 nitrogen and oxygen atoms in total. The Labute approximate surface area is 187 Å². The van der Waals surface area contributed by atoms with Gasteiger partial charge in [0.05, 0.1) is 17.0 Å². The summed E-state index contributed by atoms with van der Waals surface area (Å²) in [5.74, 6) is 5.85. The molecule has 31 heavy (non-hydrogen) atoms. The van der Waals surface area contributed by atoms with E-state index in [-0.39, 0.29) is 23.5 Å². The van der Waals surface area contributed by atoms with Crippen LogP contribution in [0.1, 0.15) is 16.9 Å². The van der Waals surface area contributed by atoms with Crippen molar-refractivity contribution in [2.45, 2.75) is 24.7 Å². The number of rotatable bonds is 4. The van der Waals surface area contributed by atoms with Gasteiger partial charge in [-0.3, -0.25) is 4.98 Å². The lowest BCUT2D eigenvalue weighted by Crippen LogP contribution is -2.35. The summed E-state index contributed by atoms with van der Waals surface area (Å²) in [7, 11) is 0. The van der Waals surface area contributed by atoms with Gasteiger partial charge in [0.1, 0.15) is 17.5 Å². The van der Waals surface area contributed by atoms with E-state index in [1.807, 2.05) is 24.3 Å². The van der Waals surface area contributed by atoms with E-state index in [1.54, 1.807) is 12.4 Å². The summed E-state index contributed by atoms with van der Waals surface area (Å²) in [5.41, 5.74) is 7.08. The van der Waals surface area contributed by atoms with Gasteiger partial charge in [0.2, 0.25) is 5.95 Å². The second kappa shape index (κ2) is 9.18. The minimum absolute atomic E-state index is 0.0419. The number of nitrogens with one attached hydrogen (secondary N) is 1. The maximum Gasteiger partial charge on any atom is 0.223 e. The number of nitrogens with zero attached hydrogens (tertiary/aromatic N) is 3. The molecule has 1 saturated carbocycles. The van der Waals surface area contributed by atoms with Gasteiger partial charge in [-0.25, -0.2) is 0 Å². The van der Waals surface area contributed by atoms with Crippen molar-refractivity contribution >= 4 is 34.7 Å². The first kappa shape index (κ1) is 21.5. The molecule has 3 aromatic heterocycles. The van der Waals surface area contributed by atoms with Crippen LogP contribution in [0.3, 0.4) is 0 Å².